The lowest BCUT2D eigenvalue weighted by molar-refractivity contribution is 0.0730. The molecule has 2 aliphatic rings. The number of oxazole rings is 1. The molecule has 5 rings (SSSR count). The zero-order valence-corrected chi connectivity index (χ0v) is 18.8. The summed E-state index contributed by atoms with van der Waals surface area (Å²) in [7, 11) is -3.58. The standard InChI is InChI=1S/C20H23N3O4S3/c24-30(25,22-8-10-26-11-9-22)15-5-6-18-17(13-15)23(20(28)27-18)14-21-7-1-3-16(21)19-4-2-12-29-19/h2,4-6,12-13,16H,1,3,7-11,14H2. The van der Waals surface area contributed by atoms with Crippen molar-refractivity contribution in [3.63, 3.8) is 0 Å². The van der Waals surface area contributed by atoms with Gasteiger partial charge in [0.25, 0.3) is 4.84 Å². The van der Waals surface area contributed by atoms with Gasteiger partial charge in [-0.05, 0) is 54.7 Å². The average molecular weight is 466 g/mol. The number of ether oxygens (including phenoxy) is 1. The van der Waals surface area contributed by atoms with Crippen molar-refractivity contribution in [2.24, 2.45) is 0 Å². The summed E-state index contributed by atoms with van der Waals surface area (Å²) in [6.07, 6.45) is 2.24. The van der Waals surface area contributed by atoms with E-state index in [-0.39, 0.29) is 4.90 Å². The van der Waals surface area contributed by atoms with Crippen LogP contribution in [0.25, 0.3) is 11.1 Å². The van der Waals surface area contributed by atoms with Crippen LogP contribution >= 0.6 is 23.6 Å². The van der Waals surface area contributed by atoms with Crippen molar-refractivity contribution < 1.29 is 17.6 Å². The number of nitrogens with zero attached hydrogens (tertiary/aromatic N) is 3. The highest BCUT2D eigenvalue weighted by atomic mass is 32.2. The van der Waals surface area contributed by atoms with Gasteiger partial charge in [-0.15, -0.1) is 11.3 Å². The van der Waals surface area contributed by atoms with E-state index in [9.17, 15) is 8.42 Å². The second-order valence-electron chi connectivity index (χ2n) is 7.57. The Bertz CT molecular complexity index is 1190. The van der Waals surface area contributed by atoms with E-state index in [4.69, 9.17) is 21.4 Å². The molecule has 10 heteroatoms. The normalized spacial score (nSPS) is 21.5. The number of fused-ring (bicyclic) bond motifs is 1. The first-order chi connectivity index (χ1) is 14.5. The largest absolute Gasteiger partial charge is 0.429 e. The predicted octanol–water partition coefficient (Wildman–Crippen LogP) is 3.84. The molecule has 0 spiro atoms. The van der Waals surface area contributed by atoms with Gasteiger partial charge in [-0.25, -0.2) is 8.42 Å². The summed E-state index contributed by atoms with van der Waals surface area (Å²) in [6, 6.07) is 9.61. The van der Waals surface area contributed by atoms with E-state index >= 15 is 0 Å². The summed E-state index contributed by atoms with van der Waals surface area (Å²) >= 11 is 7.25. The fraction of sp³-hybridized carbons (Fsp3) is 0.450. The first-order valence-electron chi connectivity index (χ1n) is 10.0. The van der Waals surface area contributed by atoms with Gasteiger partial charge in [-0.2, -0.15) is 4.31 Å². The van der Waals surface area contributed by atoms with Gasteiger partial charge in [0.15, 0.2) is 5.58 Å². The number of sulfonamides is 1. The Balaban J connectivity index is 1.49. The molecule has 2 saturated heterocycles. The van der Waals surface area contributed by atoms with Crippen molar-refractivity contribution >= 4 is 44.7 Å². The number of aromatic nitrogens is 1. The van der Waals surface area contributed by atoms with E-state index < -0.39 is 10.0 Å². The molecule has 3 aromatic rings. The quantitative estimate of drug-likeness (QED) is 0.534. The van der Waals surface area contributed by atoms with Crippen LogP contribution in [-0.4, -0.2) is 55.0 Å². The Labute approximate surface area is 184 Å². The molecule has 2 aliphatic heterocycles. The maximum Gasteiger partial charge on any atom is 0.270 e. The molecule has 7 nitrogen and oxygen atoms in total. The molecule has 160 valence electrons. The molecule has 0 bridgehead atoms. The number of hydrogen-bond acceptors (Lipinski definition) is 7. The Morgan fingerprint density at radius 2 is 2.00 bits per heavy atom. The fourth-order valence-electron chi connectivity index (χ4n) is 4.25. The van der Waals surface area contributed by atoms with Gasteiger partial charge in [0.1, 0.15) is 0 Å². The molecule has 1 aromatic carbocycles. The second kappa shape index (κ2) is 8.18. The van der Waals surface area contributed by atoms with Crippen molar-refractivity contribution in [2.75, 3.05) is 32.8 Å². The van der Waals surface area contributed by atoms with E-state index in [1.54, 1.807) is 29.5 Å². The monoisotopic (exact) mass is 465 g/mol. The van der Waals surface area contributed by atoms with Gasteiger partial charge < -0.3 is 9.15 Å². The van der Waals surface area contributed by atoms with Gasteiger partial charge in [-0.3, -0.25) is 9.47 Å². The highest BCUT2D eigenvalue weighted by Gasteiger charge is 2.29. The molecule has 1 unspecified atom stereocenters. The number of morpholine rings is 1. The Morgan fingerprint density at radius 3 is 2.77 bits per heavy atom. The SMILES string of the molecule is O=S(=O)(c1ccc2oc(=S)n(CN3CCCC3c3cccs3)c2c1)N1CCOCC1. The summed E-state index contributed by atoms with van der Waals surface area (Å²) < 4.78 is 40.6. The molecule has 0 amide bonds. The molecular weight excluding hydrogens is 442 g/mol. The van der Waals surface area contributed by atoms with E-state index in [0.717, 1.165) is 19.4 Å². The van der Waals surface area contributed by atoms with Gasteiger partial charge in [0, 0.05) is 30.6 Å². The molecule has 1 atom stereocenters. The first kappa shape index (κ1) is 20.3. The van der Waals surface area contributed by atoms with Crippen molar-refractivity contribution in [3.05, 3.63) is 45.4 Å². The second-order valence-corrected chi connectivity index (χ2v) is 10.8. The Hall–Kier alpha value is -1.56. The van der Waals surface area contributed by atoms with E-state index in [1.807, 2.05) is 4.57 Å². The molecule has 0 saturated carbocycles. The molecule has 30 heavy (non-hydrogen) atoms. The first-order valence-corrected chi connectivity index (χ1v) is 12.8. The number of thiophene rings is 1. The van der Waals surface area contributed by atoms with E-state index in [1.165, 1.54) is 9.18 Å². The highest BCUT2D eigenvalue weighted by molar-refractivity contribution is 7.89. The number of likely N-dealkylation sites (tertiary alicyclic amines) is 1. The van der Waals surface area contributed by atoms with Crippen molar-refractivity contribution in [3.8, 4) is 0 Å². The van der Waals surface area contributed by atoms with Crippen molar-refractivity contribution in [1.82, 2.24) is 13.8 Å². The smallest absolute Gasteiger partial charge is 0.270 e. The maximum atomic E-state index is 13.1. The van der Waals surface area contributed by atoms with Crippen LogP contribution in [0.1, 0.15) is 23.8 Å². The maximum absolute atomic E-state index is 13.1. The van der Waals surface area contributed by atoms with Crippen molar-refractivity contribution in [1.29, 1.82) is 0 Å². The fourth-order valence-corrected chi connectivity index (χ4v) is 6.82. The third kappa shape index (κ3) is 3.65. The van der Waals surface area contributed by atoms with Crippen LogP contribution in [0.5, 0.6) is 0 Å². The third-order valence-electron chi connectivity index (χ3n) is 5.81. The lowest BCUT2D eigenvalue weighted by Gasteiger charge is -2.26. The zero-order chi connectivity index (χ0) is 20.7. The zero-order valence-electron chi connectivity index (χ0n) is 16.4. The van der Waals surface area contributed by atoms with Crippen LogP contribution in [0.4, 0.5) is 0 Å². The van der Waals surface area contributed by atoms with Crippen LogP contribution < -0.4 is 0 Å². The summed E-state index contributed by atoms with van der Waals surface area (Å²) in [4.78, 5) is 4.36. The minimum Gasteiger partial charge on any atom is -0.429 e. The van der Waals surface area contributed by atoms with Crippen LogP contribution in [-0.2, 0) is 21.4 Å². The molecule has 0 N–H and O–H groups in total. The number of benzene rings is 1. The minimum atomic E-state index is -3.58. The summed E-state index contributed by atoms with van der Waals surface area (Å²) in [5, 5.41) is 2.10. The van der Waals surface area contributed by atoms with Crippen LogP contribution in [0.15, 0.2) is 45.0 Å². The predicted molar refractivity (Wildman–Crippen MR) is 118 cm³/mol. The van der Waals surface area contributed by atoms with Crippen molar-refractivity contribution in [2.45, 2.75) is 30.4 Å². The molecule has 0 aliphatic carbocycles. The van der Waals surface area contributed by atoms with E-state index in [2.05, 4.69) is 22.4 Å². The third-order valence-corrected chi connectivity index (χ3v) is 8.98. The van der Waals surface area contributed by atoms with Gasteiger partial charge in [-0.1, -0.05) is 6.07 Å². The summed E-state index contributed by atoms with van der Waals surface area (Å²) in [5.41, 5.74) is 1.32. The van der Waals surface area contributed by atoms with Gasteiger partial charge >= 0.3 is 0 Å². The Morgan fingerprint density at radius 1 is 1.17 bits per heavy atom. The highest BCUT2D eigenvalue weighted by Crippen LogP contribution is 2.35. The summed E-state index contributed by atoms with van der Waals surface area (Å²) in [6.45, 7) is 3.13. The average Bonchev–Trinajstić information content (AvgIpc) is 3.49. The van der Waals surface area contributed by atoms with E-state index in [0.29, 0.717) is 55.0 Å². The van der Waals surface area contributed by atoms with Gasteiger partial charge in [0.05, 0.1) is 30.3 Å². The lowest BCUT2D eigenvalue weighted by Crippen LogP contribution is -2.40. The van der Waals surface area contributed by atoms with Crippen LogP contribution in [0.2, 0.25) is 0 Å². The number of rotatable bonds is 5. The molecule has 0 radical (unpaired) electrons. The topological polar surface area (TPSA) is 67.9 Å². The van der Waals surface area contributed by atoms with Crippen LogP contribution in [0.3, 0.4) is 0 Å². The Kier molecular flexibility index (Phi) is 5.55. The number of hydrogen-bond donors (Lipinski definition) is 0. The molecular formula is C20H23N3O4S3. The molecule has 4 heterocycles. The summed E-state index contributed by atoms with van der Waals surface area (Å²) in [5.74, 6) is 0. The minimum absolute atomic E-state index is 0.262. The lowest BCUT2D eigenvalue weighted by atomic mass is 10.2. The molecule has 2 aromatic heterocycles. The van der Waals surface area contributed by atoms with Crippen LogP contribution in [0, 0.1) is 4.84 Å². The van der Waals surface area contributed by atoms with Gasteiger partial charge in [0.2, 0.25) is 10.0 Å². The molecule has 2 fully saturated rings.